The number of pyridine rings is 1. The van der Waals surface area contributed by atoms with Crippen LogP contribution in [0.2, 0.25) is 0 Å². The number of carbonyl (C=O) groups excluding carboxylic acids is 1. The van der Waals surface area contributed by atoms with Crippen LogP contribution in [0.25, 0.3) is 11.0 Å². The van der Waals surface area contributed by atoms with Crippen LogP contribution in [0, 0.1) is 11.2 Å². The zero-order valence-corrected chi connectivity index (χ0v) is 18.9. The number of benzene rings is 1. The summed E-state index contributed by atoms with van der Waals surface area (Å²) in [6.45, 7) is 4.55. The molecule has 0 spiro atoms. The molecule has 1 amide bonds. The molecule has 33 heavy (non-hydrogen) atoms. The van der Waals surface area contributed by atoms with Crippen molar-refractivity contribution in [2.75, 3.05) is 19.8 Å². The van der Waals surface area contributed by atoms with Crippen molar-refractivity contribution in [1.29, 1.82) is 0 Å². The number of amides is 1. The summed E-state index contributed by atoms with van der Waals surface area (Å²) < 4.78 is 21.2. The lowest BCUT2D eigenvalue weighted by atomic mass is 9.95. The standard InChI is InChI=1S/C25H28FN3O4/c1-25(2,24(31)32)16-33-15-22(30)28-11-9-19-20-7-4-10-27-23(20)29(21(19)14-28)12-8-17-5-3-6-18(26)13-17/h3-7,10,13H,8-9,11-12,14-16H2,1-2H3,(H,31,32). The zero-order chi connectivity index (χ0) is 23.6. The number of halogens is 1. The maximum Gasteiger partial charge on any atom is 0.311 e. The molecule has 0 bridgehead atoms. The highest BCUT2D eigenvalue weighted by Gasteiger charge is 2.30. The van der Waals surface area contributed by atoms with Gasteiger partial charge in [-0.15, -0.1) is 0 Å². The molecule has 0 atom stereocenters. The number of fused-ring (bicyclic) bond motifs is 3. The SMILES string of the molecule is CC(C)(COCC(=O)N1CCc2c(n(CCc3cccc(F)c3)c3ncccc23)C1)C(=O)O. The smallest absolute Gasteiger partial charge is 0.311 e. The van der Waals surface area contributed by atoms with E-state index < -0.39 is 11.4 Å². The van der Waals surface area contributed by atoms with E-state index in [1.54, 1.807) is 31.0 Å². The first-order valence-electron chi connectivity index (χ1n) is 11.0. The molecule has 1 aliphatic heterocycles. The molecule has 0 aliphatic carbocycles. The van der Waals surface area contributed by atoms with Gasteiger partial charge in [-0.2, -0.15) is 0 Å². The van der Waals surface area contributed by atoms with Crippen molar-refractivity contribution in [2.45, 2.75) is 39.8 Å². The van der Waals surface area contributed by atoms with Crippen molar-refractivity contribution in [3.8, 4) is 0 Å². The average molecular weight is 454 g/mol. The molecule has 0 saturated heterocycles. The predicted octanol–water partition coefficient (Wildman–Crippen LogP) is 3.43. The summed E-state index contributed by atoms with van der Waals surface area (Å²) in [4.78, 5) is 30.4. The largest absolute Gasteiger partial charge is 0.481 e. The van der Waals surface area contributed by atoms with Crippen LogP contribution < -0.4 is 0 Å². The van der Waals surface area contributed by atoms with Gasteiger partial charge in [-0.25, -0.2) is 9.37 Å². The third-order valence-electron chi connectivity index (χ3n) is 6.15. The molecule has 7 nitrogen and oxygen atoms in total. The zero-order valence-electron chi connectivity index (χ0n) is 18.9. The summed E-state index contributed by atoms with van der Waals surface area (Å²) in [6.07, 6.45) is 3.11. The van der Waals surface area contributed by atoms with E-state index in [9.17, 15) is 19.1 Å². The number of rotatable bonds is 8. The highest BCUT2D eigenvalue weighted by Crippen LogP contribution is 2.30. The molecule has 3 aromatic rings. The Morgan fingerprint density at radius 1 is 1.24 bits per heavy atom. The van der Waals surface area contributed by atoms with E-state index >= 15 is 0 Å². The van der Waals surface area contributed by atoms with Gasteiger partial charge >= 0.3 is 5.97 Å². The van der Waals surface area contributed by atoms with Gasteiger partial charge < -0.3 is 19.3 Å². The maximum atomic E-state index is 13.6. The van der Waals surface area contributed by atoms with Crippen molar-refractivity contribution in [2.24, 2.45) is 5.41 Å². The summed E-state index contributed by atoms with van der Waals surface area (Å²) in [5, 5.41) is 10.3. The first kappa shape index (κ1) is 22.9. The normalized spacial score (nSPS) is 13.8. The lowest BCUT2D eigenvalue weighted by Gasteiger charge is -2.29. The van der Waals surface area contributed by atoms with Gasteiger partial charge in [0.15, 0.2) is 0 Å². The van der Waals surface area contributed by atoms with E-state index in [0.717, 1.165) is 22.3 Å². The van der Waals surface area contributed by atoms with Crippen molar-refractivity contribution in [3.05, 3.63) is 65.2 Å². The number of aromatic nitrogens is 2. The van der Waals surface area contributed by atoms with Crippen molar-refractivity contribution in [1.82, 2.24) is 14.5 Å². The molecule has 2 aromatic heterocycles. The maximum absolute atomic E-state index is 13.6. The highest BCUT2D eigenvalue weighted by atomic mass is 19.1. The molecule has 1 aromatic carbocycles. The molecule has 0 saturated carbocycles. The van der Waals surface area contributed by atoms with Gasteiger partial charge in [0, 0.05) is 30.4 Å². The molecule has 174 valence electrons. The van der Waals surface area contributed by atoms with Gasteiger partial charge in [0.25, 0.3) is 0 Å². The van der Waals surface area contributed by atoms with Crippen molar-refractivity contribution < 1.29 is 23.8 Å². The Labute approximate surface area is 191 Å². The second kappa shape index (κ2) is 9.31. The van der Waals surface area contributed by atoms with Crippen LogP contribution in [0.1, 0.15) is 30.7 Å². The fourth-order valence-corrected chi connectivity index (χ4v) is 4.19. The quantitative estimate of drug-likeness (QED) is 0.565. The summed E-state index contributed by atoms with van der Waals surface area (Å²) in [5.41, 5.74) is 2.94. The number of carbonyl (C=O) groups is 2. The lowest BCUT2D eigenvalue weighted by molar-refractivity contribution is -0.153. The molecule has 0 unspecified atom stereocenters. The first-order valence-corrected chi connectivity index (χ1v) is 11.0. The van der Waals surface area contributed by atoms with E-state index in [1.807, 2.05) is 12.1 Å². The van der Waals surface area contributed by atoms with Gasteiger partial charge in [-0.3, -0.25) is 9.59 Å². The van der Waals surface area contributed by atoms with Gasteiger partial charge in [-0.1, -0.05) is 12.1 Å². The monoisotopic (exact) mass is 453 g/mol. The summed E-state index contributed by atoms with van der Waals surface area (Å²) >= 11 is 0. The van der Waals surface area contributed by atoms with Crippen LogP contribution in [0.3, 0.4) is 0 Å². The van der Waals surface area contributed by atoms with Gasteiger partial charge in [0.2, 0.25) is 5.91 Å². The average Bonchev–Trinajstić information content (AvgIpc) is 3.10. The fraction of sp³-hybridized carbons (Fsp3) is 0.400. The number of nitrogens with zero attached hydrogens (tertiary/aromatic N) is 3. The number of hydrogen-bond donors (Lipinski definition) is 1. The third-order valence-corrected chi connectivity index (χ3v) is 6.15. The second-order valence-corrected chi connectivity index (χ2v) is 9.08. The lowest BCUT2D eigenvalue weighted by Crippen LogP contribution is -2.40. The van der Waals surface area contributed by atoms with Gasteiger partial charge in [0.05, 0.1) is 18.6 Å². The molecule has 4 rings (SSSR count). The molecule has 8 heteroatoms. The van der Waals surface area contributed by atoms with Crippen LogP contribution in [0.15, 0.2) is 42.6 Å². The van der Waals surface area contributed by atoms with Crippen molar-refractivity contribution in [3.63, 3.8) is 0 Å². The number of ether oxygens (including phenoxy) is 1. The Bertz CT molecular complexity index is 1190. The Morgan fingerprint density at radius 3 is 2.82 bits per heavy atom. The molecular weight excluding hydrogens is 425 g/mol. The second-order valence-electron chi connectivity index (χ2n) is 9.08. The number of carboxylic acid groups (broad SMARTS) is 1. The van der Waals surface area contributed by atoms with E-state index in [0.29, 0.717) is 32.5 Å². The molecule has 1 N–H and O–H groups in total. The topological polar surface area (TPSA) is 84.7 Å². The van der Waals surface area contributed by atoms with Crippen LogP contribution in [-0.4, -0.2) is 51.2 Å². The molecule has 0 fully saturated rings. The van der Waals surface area contributed by atoms with Gasteiger partial charge in [-0.05, 0) is 62.1 Å². The summed E-state index contributed by atoms with van der Waals surface area (Å²) in [7, 11) is 0. The van der Waals surface area contributed by atoms with E-state index in [2.05, 4.69) is 15.6 Å². The van der Waals surface area contributed by atoms with Crippen molar-refractivity contribution >= 4 is 22.9 Å². The Morgan fingerprint density at radius 2 is 2.06 bits per heavy atom. The number of carboxylic acids is 1. The minimum absolute atomic E-state index is 0.0367. The molecule has 0 radical (unpaired) electrons. The molecule has 3 heterocycles. The van der Waals surface area contributed by atoms with Crippen LogP contribution in [0.5, 0.6) is 0 Å². The van der Waals surface area contributed by atoms with E-state index in [-0.39, 0.29) is 24.9 Å². The Balaban J connectivity index is 1.51. The van der Waals surface area contributed by atoms with Gasteiger partial charge in [0.1, 0.15) is 18.1 Å². The summed E-state index contributed by atoms with van der Waals surface area (Å²) in [5.74, 6) is -1.39. The van der Waals surface area contributed by atoms with Crippen LogP contribution in [-0.2, 0) is 40.3 Å². The molecular formula is C25H28FN3O4. The number of aryl methyl sites for hydroxylation is 2. The Hall–Kier alpha value is -3.26. The summed E-state index contributed by atoms with van der Waals surface area (Å²) in [6, 6.07) is 10.5. The fourth-order valence-electron chi connectivity index (χ4n) is 4.19. The van der Waals surface area contributed by atoms with Crippen LogP contribution >= 0.6 is 0 Å². The minimum atomic E-state index is -1.05. The third kappa shape index (κ3) is 4.90. The van der Waals surface area contributed by atoms with E-state index in [4.69, 9.17) is 4.74 Å². The number of aliphatic carboxylic acids is 1. The minimum Gasteiger partial charge on any atom is -0.481 e. The predicted molar refractivity (Wildman–Crippen MR) is 121 cm³/mol. The number of hydrogen-bond acceptors (Lipinski definition) is 4. The Kier molecular flexibility index (Phi) is 6.47. The van der Waals surface area contributed by atoms with Crippen LogP contribution in [0.4, 0.5) is 4.39 Å². The van der Waals surface area contributed by atoms with E-state index in [1.165, 1.54) is 17.7 Å². The first-order chi connectivity index (χ1) is 15.8. The highest BCUT2D eigenvalue weighted by molar-refractivity contribution is 5.84. The molecule has 1 aliphatic rings.